The molecule has 1 aromatic carbocycles. The molecule has 2 aromatic rings. The fourth-order valence-electron chi connectivity index (χ4n) is 3.04. The van der Waals surface area contributed by atoms with Crippen LogP contribution in [-0.4, -0.2) is 15.8 Å². The van der Waals surface area contributed by atoms with Gasteiger partial charge in [0.15, 0.2) is 0 Å². The van der Waals surface area contributed by atoms with E-state index in [1.807, 2.05) is 0 Å². The van der Waals surface area contributed by atoms with Gasteiger partial charge in [-0.25, -0.2) is 0 Å². The van der Waals surface area contributed by atoms with Gasteiger partial charge in [-0.2, -0.15) is 28.2 Å². The molecular weight excluding hydrogens is 379 g/mol. The first-order valence-electron chi connectivity index (χ1n) is 8.37. The maximum atomic E-state index is 13.4. The Hall–Kier alpha value is -2.59. The highest BCUT2D eigenvalue weighted by Crippen LogP contribution is 2.33. The third kappa shape index (κ3) is 3.91. The van der Waals surface area contributed by atoms with E-state index >= 15 is 0 Å². The second-order valence-corrected chi connectivity index (χ2v) is 6.74. The van der Waals surface area contributed by atoms with Crippen LogP contribution >= 0.6 is 11.6 Å². The minimum atomic E-state index is -4.83. The number of alkyl halides is 4. The zero-order valence-corrected chi connectivity index (χ0v) is 14.9. The molecule has 8 heteroatoms. The molecule has 0 radical (unpaired) electrons. The van der Waals surface area contributed by atoms with Crippen LogP contribution in [0, 0.1) is 11.3 Å². The Morgan fingerprint density at radius 1 is 1.22 bits per heavy atom. The van der Waals surface area contributed by atoms with Gasteiger partial charge in [0, 0.05) is 5.56 Å². The van der Waals surface area contributed by atoms with E-state index in [1.54, 1.807) is 30.3 Å². The van der Waals surface area contributed by atoms with Gasteiger partial charge in [-0.3, -0.25) is 4.79 Å². The SMILES string of the molecule is N#Cc1c(C(F)(F)F)cc(-c2ccccc2)n(/N=C2/CCCCC2Cl)c1=O. The van der Waals surface area contributed by atoms with E-state index in [1.165, 1.54) is 6.07 Å². The molecule has 1 unspecified atom stereocenters. The monoisotopic (exact) mass is 393 g/mol. The fourth-order valence-corrected chi connectivity index (χ4v) is 3.35. The summed E-state index contributed by atoms with van der Waals surface area (Å²) in [6.45, 7) is 0. The van der Waals surface area contributed by atoms with E-state index < -0.39 is 22.9 Å². The molecule has 140 valence electrons. The smallest absolute Gasteiger partial charge is 0.266 e. The van der Waals surface area contributed by atoms with Gasteiger partial charge in [0.05, 0.1) is 22.3 Å². The highest BCUT2D eigenvalue weighted by molar-refractivity contribution is 6.32. The average molecular weight is 394 g/mol. The number of halogens is 4. The molecule has 1 aliphatic carbocycles. The average Bonchev–Trinajstić information content (AvgIpc) is 2.64. The Kier molecular flexibility index (Phi) is 5.38. The van der Waals surface area contributed by atoms with Crippen molar-refractivity contribution in [3.05, 3.63) is 57.9 Å². The van der Waals surface area contributed by atoms with Gasteiger partial charge in [-0.05, 0) is 25.3 Å². The first-order valence-corrected chi connectivity index (χ1v) is 8.81. The van der Waals surface area contributed by atoms with Gasteiger partial charge < -0.3 is 0 Å². The minimum Gasteiger partial charge on any atom is -0.266 e. The molecule has 1 aromatic heterocycles. The number of aromatic nitrogens is 1. The number of pyridine rings is 1. The van der Waals surface area contributed by atoms with Gasteiger partial charge >= 0.3 is 6.18 Å². The predicted octanol–water partition coefficient (Wildman–Crippen LogP) is 4.79. The Bertz CT molecular complexity index is 975. The number of nitrogens with zero attached hydrogens (tertiary/aromatic N) is 3. The van der Waals surface area contributed by atoms with Crippen LogP contribution in [-0.2, 0) is 6.18 Å². The maximum absolute atomic E-state index is 13.4. The van der Waals surface area contributed by atoms with Crippen LogP contribution in [0.5, 0.6) is 0 Å². The van der Waals surface area contributed by atoms with Crippen molar-refractivity contribution in [2.24, 2.45) is 5.10 Å². The molecule has 0 bridgehead atoms. The van der Waals surface area contributed by atoms with Crippen LogP contribution in [0.25, 0.3) is 11.3 Å². The number of rotatable bonds is 2. The summed E-state index contributed by atoms with van der Waals surface area (Å²) in [7, 11) is 0. The lowest BCUT2D eigenvalue weighted by molar-refractivity contribution is -0.137. The van der Waals surface area contributed by atoms with Crippen molar-refractivity contribution in [2.45, 2.75) is 37.2 Å². The van der Waals surface area contributed by atoms with Crippen molar-refractivity contribution in [2.75, 3.05) is 0 Å². The Balaban J connectivity index is 2.33. The first kappa shape index (κ1) is 19.2. The van der Waals surface area contributed by atoms with Crippen molar-refractivity contribution in [3.8, 4) is 17.3 Å². The van der Waals surface area contributed by atoms with Gasteiger partial charge in [0.2, 0.25) is 0 Å². The van der Waals surface area contributed by atoms with Crippen LogP contribution in [0.3, 0.4) is 0 Å². The lowest BCUT2D eigenvalue weighted by Crippen LogP contribution is -2.29. The molecule has 0 aliphatic heterocycles. The molecule has 0 spiro atoms. The second-order valence-electron chi connectivity index (χ2n) is 6.22. The summed E-state index contributed by atoms with van der Waals surface area (Å²) >= 11 is 6.27. The molecule has 1 atom stereocenters. The van der Waals surface area contributed by atoms with Crippen molar-refractivity contribution in [1.82, 2.24) is 4.68 Å². The van der Waals surface area contributed by atoms with Crippen LogP contribution < -0.4 is 5.56 Å². The second kappa shape index (κ2) is 7.57. The first-order chi connectivity index (χ1) is 12.8. The molecule has 3 rings (SSSR count). The van der Waals surface area contributed by atoms with E-state index in [0.717, 1.165) is 23.6 Å². The van der Waals surface area contributed by atoms with Crippen LogP contribution in [0.15, 0.2) is 46.3 Å². The molecule has 0 amide bonds. The quantitative estimate of drug-likeness (QED) is 0.689. The lowest BCUT2D eigenvalue weighted by Gasteiger charge is -2.20. The Morgan fingerprint density at radius 2 is 1.93 bits per heavy atom. The number of hydrogen-bond donors (Lipinski definition) is 0. The summed E-state index contributed by atoms with van der Waals surface area (Å²) in [5.74, 6) is 0. The summed E-state index contributed by atoms with van der Waals surface area (Å²) in [5.41, 5.74) is -2.46. The fraction of sp³-hybridized carbons (Fsp3) is 0.316. The van der Waals surface area contributed by atoms with Crippen LogP contribution in [0.4, 0.5) is 13.2 Å². The molecule has 1 aliphatic rings. The zero-order valence-electron chi connectivity index (χ0n) is 14.1. The third-order valence-corrected chi connectivity index (χ3v) is 4.87. The minimum absolute atomic E-state index is 0.0335. The van der Waals surface area contributed by atoms with Crippen molar-refractivity contribution >= 4 is 17.3 Å². The summed E-state index contributed by atoms with van der Waals surface area (Å²) in [5, 5.41) is 13.1. The number of nitriles is 1. The largest absolute Gasteiger partial charge is 0.417 e. The Morgan fingerprint density at radius 3 is 2.52 bits per heavy atom. The molecule has 0 saturated heterocycles. The van der Waals surface area contributed by atoms with Crippen LogP contribution in [0.1, 0.15) is 36.8 Å². The molecule has 0 N–H and O–H groups in total. The van der Waals surface area contributed by atoms with Gasteiger partial charge in [-0.15, -0.1) is 11.6 Å². The van der Waals surface area contributed by atoms with Crippen molar-refractivity contribution in [3.63, 3.8) is 0 Å². The third-order valence-electron chi connectivity index (χ3n) is 4.40. The van der Waals surface area contributed by atoms with Gasteiger partial charge in [0.25, 0.3) is 5.56 Å². The topological polar surface area (TPSA) is 58.1 Å². The van der Waals surface area contributed by atoms with Crippen molar-refractivity contribution < 1.29 is 13.2 Å². The standard InChI is InChI=1S/C19H15ClF3N3O/c20-15-8-4-5-9-16(15)25-26-17(12-6-2-1-3-7-12)10-14(19(21,22)23)13(11-24)18(26)27/h1-3,6-7,10,15H,4-5,8-9H2/b25-16-. The summed E-state index contributed by atoms with van der Waals surface area (Å²) in [4.78, 5) is 12.7. The van der Waals surface area contributed by atoms with E-state index in [9.17, 15) is 18.0 Å². The highest BCUT2D eigenvalue weighted by atomic mass is 35.5. The maximum Gasteiger partial charge on any atom is 0.417 e. The van der Waals surface area contributed by atoms with E-state index in [-0.39, 0.29) is 11.1 Å². The van der Waals surface area contributed by atoms with E-state index in [4.69, 9.17) is 16.9 Å². The van der Waals surface area contributed by atoms with Gasteiger partial charge in [0.1, 0.15) is 11.6 Å². The zero-order chi connectivity index (χ0) is 19.6. The molecule has 27 heavy (non-hydrogen) atoms. The van der Waals surface area contributed by atoms with E-state index in [0.29, 0.717) is 24.1 Å². The van der Waals surface area contributed by atoms with Crippen LogP contribution in [0.2, 0.25) is 0 Å². The number of benzene rings is 1. The molecule has 1 fully saturated rings. The predicted molar refractivity (Wildman–Crippen MR) is 96.8 cm³/mol. The number of hydrogen-bond acceptors (Lipinski definition) is 3. The summed E-state index contributed by atoms with van der Waals surface area (Å²) in [6.07, 6.45) is -1.84. The van der Waals surface area contributed by atoms with Crippen molar-refractivity contribution in [1.29, 1.82) is 5.26 Å². The summed E-state index contributed by atoms with van der Waals surface area (Å²) < 4.78 is 41.1. The Labute approximate surface area is 158 Å². The molecule has 1 saturated carbocycles. The van der Waals surface area contributed by atoms with Gasteiger partial charge in [-0.1, -0.05) is 36.8 Å². The lowest BCUT2D eigenvalue weighted by atomic mass is 9.98. The summed E-state index contributed by atoms with van der Waals surface area (Å²) in [6, 6.07) is 10.3. The molecule has 1 heterocycles. The molecular formula is C19H15ClF3N3O. The molecule has 4 nitrogen and oxygen atoms in total. The normalized spacial score (nSPS) is 19.1. The van der Waals surface area contributed by atoms with E-state index in [2.05, 4.69) is 5.10 Å². The highest BCUT2D eigenvalue weighted by Gasteiger charge is 2.36.